The lowest BCUT2D eigenvalue weighted by molar-refractivity contribution is 0.533. The molecule has 0 saturated carbocycles. The largest absolute Gasteiger partial charge is 0.375 e. The molecule has 0 aromatic heterocycles. The fraction of sp³-hybridized carbons (Fsp3) is 0.875. The fourth-order valence-corrected chi connectivity index (χ4v) is 1.37. The van der Waals surface area contributed by atoms with Gasteiger partial charge in [-0.1, -0.05) is 0 Å². The van der Waals surface area contributed by atoms with Crippen LogP contribution in [0.3, 0.4) is 0 Å². The molecule has 1 rings (SSSR count). The monoisotopic (exact) mass is 184 g/mol. The molecule has 1 fully saturated rings. The summed E-state index contributed by atoms with van der Waals surface area (Å²) < 4.78 is 0. The van der Waals surface area contributed by atoms with E-state index in [-0.39, 0.29) is 0 Å². The van der Waals surface area contributed by atoms with E-state index in [0.717, 1.165) is 32.6 Å². The van der Waals surface area contributed by atoms with Gasteiger partial charge in [0.15, 0.2) is 0 Å². The molecule has 0 aromatic rings. The first-order valence-corrected chi connectivity index (χ1v) is 4.75. The molecule has 1 unspecified atom stereocenters. The van der Waals surface area contributed by atoms with Gasteiger partial charge in [0.1, 0.15) is 6.34 Å². The zero-order valence-corrected chi connectivity index (χ0v) is 7.87. The molecule has 1 aliphatic rings. The average Bonchev–Trinajstić information content (AvgIpc) is 2.63. The Balaban J connectivity index is 1.83. The maximum absolute atomic E-state index is 4.92. The molecule has 75 valence electrons. The minimum absolute atomic E-state index is 0.614. The second-order valence-corrected chi connectivity index (χ2v) is 3.16. The molecule has 0 bridgehead atoms. The van der Waals surface area contributed by atoms with Crippen LogP contribution in [-0.2, 0) is 0 Å². The van der Waals surface area contributed by atoms with Crippen LogP contribution in [0.1, 0.15) is 12.8 Å². The fourth-order valence-electron chi connectivity index (χ4n) is 1.37. The van der Waals surface area contributed by atoms with Crippen LogP contribution < -0.4 is 21.8 Å². The van der Waals surface area contributed by atoms with Crippen LogP contribution >= 0.6 is 0 Å². The van der Waals surface area contributed by atoms with E-state index in [9.17, 15) is 0 Å². The molecule has 13 heavy (non-hydrogen) atoms. The molecule has 1 atom stereocenters. The number of nitrogens with one attached hydrogen (secondary N) is 2. The van der Waals surface area contributed by atoms with Gasteiger partial charge in [-0.2, -0.15) is 5.10 Å². The third kappa shape index (κ3) is 4.69. The number of nitrogens with zero attached hydrogens (tertiary/aromatic N) is 2. The second-order valence-electron chi connectivity index (χ2n) is 3.16. The smallest absolute Gasteiger partial charge is 0.108 e. The SMILES string of the molecule is NN=CNCCCNC1CC[N]C1. The summed E-state index contributed by atoms with van der Waals surface area (Å²) in [5.74, 6) is 4.92. The summed E-state index contributed by atoms with van der Waals surface area (Å²) in [5, 5.41) is 14.0. The van der Waals surface area contributed by atoms with Crippen LogP contribution in [0.4, 0.5) is 0 Å². The highest BCUT2D eigenvalue weighted by molar-refractivity contribution is 5.53. The first-order valence-electron chi connectivity index (χ1n) is 4.75. The van der Waals surface area contributed by atoms with Crippen LogP contribution in [0.25, 0.3) is 0 Å². The maximum atomic E-state index is 4.92. The molecule has 0 amide bonds. The predicted molar refractivity (Wildman–Crippen MR) is 53.6 cm³/mol. The number of hydrogen-bond acceptors (Lipinski definition) is 3. The van der Waals surface area contributed by atoms with Gasteiger partial charge in [-0.25, -0.2) is 5.32 Å². The molecule has 5 heteroatoms. The quantitative estimate of drug-likeness (QED) is 0.160. The van der Waals surface area contributed by atoms with E-state index in [2.05, 4.69) is 21.1 Å². The van der Waals surface area contributed by atoms with E-state index >= 15 is 0 Å². The lowest BCUT2D eigenvalue weighted by Crippen LogP contribution is -2.32. The predicted octanol–water partition coefficient (Wildman–Crippen LogP) is -1.17. The Morgan fingerprint density at radius 2 is 2.46 bits per heavy atom. The van der Waals surface area contributed by atoms with Crippen LogP contribution in [-0.4, -0.2) is 38.6 Å². The summed E-state index contributed by atoms with van der Waals surface area (Å²) in [6.45, 7) is 3.95. The van der Waals surface area contributed by atoms with Gasteiger partial charge in [0.25, 0.3) is 0 Å². The summed E-state index contributed by atoms with van der Waals surface area (Å²) >= 11 is 0. The summed E-state index contributed by atoms with van der Waals surface area (Å²) in [4.78, 5) is 0. The number of hydrazone groups is 1. The van der Waals surface area contributed by atoms with Crippen molar-refractivity contribution < 1.29 is 0 Å². The van der Waals surface area contributed by atoms with Crippen molar-refractivity contribution in [1.29, 1.82) is 0 Å². The summed E-state index contributed by atoms with van der Waals surface area (Å²) in [6.07, 6.45) is 3.80. The van der Waals surface area contributed by atoms with E-state index in [4.69, 9.17) is 5.84 Å². The molecular weight excluding hydrogens is 166 g/mol. The lowest BCUT2D eigenvalue weighted by Gasteiger charge is -2.09. The molecule has 1 radical (unpaired) electrons. The molecular formula is C8H18N5. The highest BCUT2D eigenvalue weighted by Crippen LogP contribution is 1.97. The third-order valence-corrected chi connectivity index (χ3v) is 2.08. The standard InChI is InChI=1S/C8H18N5/c9-13-7-11-3-1-4-12-8-2-5-10-6-8/h7-8,12H,1-6,9H2,(H,11,13). The minimum Gasteiger partial charge on any atom is -0.375 e. The Morgan fingerprint density at radius 3 is 3.15 bits per heavy atom. The van der Waals surface area contributed by atoms with Crippen LogP contribution in [0.5, 0.6) is 0 Å². The molecule has 1 saturated heterocycles. The van der Waals surface area contributed by atoms with Gasteiger partial charge in [-0.05, 0) is 19.4 Å². The first-order chi connectivity index (χ1) is 6.43. The minimum atomic E-state index is 0.614. The highest BCUT2D eigenvalue weighted by Gasteiger charge is 2.13. The Hall–Kier alpha value is -0.810. The van der Waals surface area contributed by atoms with Crippen molar-refractivity contribution in [3.8, 4) is 0 Å². The number of rotatable bonds is 6. The van der Waals surface area contributed by atoms with Gasteiger partial charge in [0.05, 0.1) is 0 Å². The van der Waals surface area contributed by atoms with Crippen molar-refractivity contribution in [1.82, 2.24) is 16.0 Å². The molecule has 1 heterocycles. The van der Waals surface area contributed by atoms with Gasteiger partial charge in [0.2, 0.25) is 0 Å². The molecule has 0 aliphatic carbocycles. The van der Waals surface area contributed by atoms with Gasteiger partial charge in [-0.3, -0.25) is 0 Å². The van der Waals surface area contributed by atoms with Crippen LogP contribution in [0.2, 0.25) is 0 Å². The van der Waals surface area contributed by atoms with Gasteiger partial charge in [-0.15, -0.1) is 0 Å². The normalized spacial score (nSPS) is 22.6. The van der Waals surface area contributed by atoms with Crippen molar-refractivity contribution in [3.05, 3.63) is 0 Å². The van der Waals surface area contributed by atoms with Crippen LogP contribution in [0.15, 0.2) is 5.10 Å². The topological polar surface area (TPSA) is 76.5 Å². The average molecular weight is 184 g/mol. The maximum Gasteiger partial charge on any atom is 0.108 e. The Labute approximate surface area is 79.1 Å². The summed E-state index contributed by atoms with van der Waals surface area (Å²) in [6, 6.07) is 0.614. The highest BCUT2D eigenvalue weighted by atomic mass is 15.2. The van der Waals surface area contributed by atoms with E-state index in [0.29, 0.717) is 6.04 Å². The Morgan fingerprint density at radius 1 is 1.54 bits per heavy atom. The zero-order valence-electron chi connectivity index (χ0n) is 7.87. The number of hydrogen-bond donors (Lipinski definition) is 3. The Kier molecular flexibility index (Phi) is 5.28. The van der Waals surface area contributed by atoms with Gasteiger partial charge in [0, 0.05) is 25.7 Å². The second kappa shape index (κ2) is 6.68. The van der Waals surface area contributed by atoms with Gasteiger partial charge >= 0.3 is 0 Å². The molecule has 5 nitrogen and oxygen atoms in total. The summed E-state index contributed by atoms with van der Waals surface area (Å²) in [7, 11) is 0. The third-order valence-electron chi connectivity index (χ3n) is 2.08. The van der Waals surface area contributed by atoms with Crippen molar-refractivity contribution in [3.63, 3.8) is 0 Å². The number of nitrogens with two attached hydrogens (primary N) is 1. The van der Waals surface area contributed by atoms with E-state index < -0.39 is 0 Å². The lowest BCUT2D eigenvalue weighted by atomic mass is 10.2. The van der Waals surface area contributed by atoms with E-state index in [1.165, 1.54) is 12.8 Å². The molecule has 0 aromatic carbocycles. The van der Waals surface area contributed by atoms with E-state index in [1.807, 2.05) is 0 Å². The van der Waals surface area contributed by atoms with Crippen molar-refractivity contribution >= 4 is 6.34 Å². The summed E-state index contributed by atoms with van der Waals surface area (Å²) in [5.41, 5.74) is 0. The van der Waals surface area contributed by atoms with Crippen molar-refractivity contribution in [2.45, 2.75) is 18.9 Å². The van der Waals surface area contributed by atoms with Crippen LogP contribution in [0, 0.1) is 0 Å². The zero-order chi connectivity index (χ0) is 9.36. The van der Waals surface area contributed by atoms with E-state index in [1.54, 1.807) is 0 Å². The molecule has 1 aliphatic heterocycles. The van der Waals surface area contributed by atoms with Gasteiger partial charge < -0.3 is 16.5 Å². The molecule has 0 spiro atoms. The Bertz CT molecular complexity index is 141. The van der Waals surface area contributed by atoms with Crippen molar-refractivity contribution in [2.75, 3.05) is 26.2 Å². The van der Waals surface area contributed by atoms with Crippen molar-refractivity contribution in [2.24, 2.45) is 10.9 Å². The molecule has 4 N–H and O–H groups in total. The first kappa shape index (κ1) is 10.3.